The van der Waals surface area contributed by atoms with Crippen LogP contribution in [0.1, 0.15) is 32.6 Å². The third-order valence-electron chi connectivity index (χ3n) is 2.03. The number of rotatable bonds is 3. The molecule has 1 fully saturated rings. The number of halogens is 6. The number of carbonyl (C=O) groups is 2. The summed E-state index contributed by atoms with van der Waals surface area (Å²) in [5.74, 6) is -0.813. The maximum atomic E-state index is 10.6. The van der Waals surface area contributed by atoms with Gasteiger partial charge in [-0.25, -0.2) is 0 Å². The molecule has 0 bridgehead atoms. The summed E-state index contributed by atoms with van der Waals surface area (Å²) in [5, 5.41) is 8.00. The van der Waals surface area contributed by atoms with Gasteiger partial charge in [0.15, 0.2) is 0 Å². The van der Waals surface area contributed by atoms with E-state index in [0.29, 0.717) is 62.3 Å². The van der Waals surface area contributed by atoms with Crippen LogP contribution in [-0.4, -0.2) is 43.3 Å². The first-order valence-corrected chi connectivity index (χ1v) is 11.9. The van der Waals surface area contributed by atoms with Crippen LogP contribution < -0.4 is 0 Å². The second kappa shape index (κ2) is 33.6. The maximum absolute atomic E-state index is 10.6. The van der Waals surface area contributed by atoms with Crippen molar-refractivity contribution in [1.82, 2.24) is 0 Å². The standard InChI is InChI=1S/2C5H8O2.CH4B.2CF3O2S.CH3.2O.2Zr/c1-4-2-3-5(6)7-4;1-2-3-4-5(6)7;1-2;2*2-1(3,4)7(5)6;;;;;/h4H,2-3H2,1H3;2H,1,3-4H2,(H,6,7);2H,1H3;;;1H3;;;;/q;;;3*-1;;;;+2/i;;2T;;;;;;;. The SMILES string of the molecule is C=CCCC(=O)O.CC1CCC(=O)O1.O=[S-](=O)C(F)(F)F.O=[S-](=O)C(F)(F)F.[3H][B]C.[CH3-].[O]=[Zr+2].[O]=[Zr]. The van der Waals surface area contributed by atoms with E-state index in [0.717, 1.165) is 6.42 Å². The molecule has 0 aliphatic carbocycles. The van der Waals surface area contributed by atoms with Crippen molar-refractivity contribution >= 4 is 41.2 Å². The fourth-order valence-corrected chi connectivity index (χ4v) is 0.889. The van der Waals surface area contributed by atoms with Crippen molar-refractivity contribution in [3.8, 4) is 0 Å². The first kappa shape index (κ1) is 47.7. The Hall–Kier alpha value is -0.409. The van der Waals surface area contributed by atoms with E-state index in [1.165, 1.54) is 7.81 Å². The monoisotopic (exact) mass is 722 g/mol. The molecule has 0 aromatic rings. The molecule has 1 aliphatic heterocycles. The number of esters is 1. The zero-order valence-electron chi connectivity index (χ0n) is 19.5. The number of allylic oxidation sites excluding steroid dienone is 1. The molecule has 1 aliphatic rings. The van der Waals surface area contributed by atoms with Crippen molar-refractivity contribution in [2.75, 3.05) is 0 Å². The average Bonchev–Trinajstić information content (AvgIpc) is 3.12. The van der Waals surface area contributed by atoms with Gasteiger partial charge in [0.1, 0.15) is 0 Å². The molecular weight excluding hydrogens is 700 g/mol. The average molecular weight is 725 g/mol. The van der Waals surface area contributed by atoms with E-state index in [9.17, 15) is 35.9 Å². The van der Waals surface area contributed by atoms with Gasteiger partial charge in [-0.3, -0.25) is 9.59 Å². The van der Waals surface area contributed by atoms with Crippen molar-refractivity contribution in [3.05, 3.63) is 20.1 Å². The molecule has 1 atom stereocenters. The Kier molecular flexibility index (Phi) is 45.8. The molecule has 205 valence electrons. The second-order valence-corrected chi connectivity index (χ2v) is 6.29. The Morgan fingerprint density at radius 1 is 1.20 bits per heavy atom. The van der Waals surface area contributed by atoms with E-state index in [-0.39, 0.29) is 25.9 Å². The van der Waals surface area contributed by atoms with Gasteiger partial charge < -0.3 is 34.1 Å². The number of carbonyl (C=O) groups excluding carboxylic acids is 1. The minimum absolute atomic E-state index is 0. The summed E-state index contributed by atoms with van der Waals surface area (Å²) in [6, 6.07) is 0. The Bertz CT molecular complexity index is 661. The van der Waals surface area contributed by atoms with E-state index in [4.69, 9.17) is 33.6 Å². The van der Waals surface area contributed by atoms with Crippen LogP contribution in [0.5, 0.6) is 0 Å². The molecule has 0 spiro atoms. The van der Waals surface area contributed by atoms with Crippen molar-refractivity contribution in [2.45, 2.75) is 56.6 Å². The Balaban J connectivity index is -0.0000000569. The summed E-state index contributed by atoms with van der Waals surface area (Å²) in [5.41, 5.74) is -10.2. The predicted molar refractivity (Wildman–Crippen MR) is 102 cm³/mol. The van der Waals surface area contributed by atoms with E-state index in [2.05, 4.69) is 6.58 Å². The van der Waals surface area contributed by atoms with E-state index in [1.54, 1.807) is 12.9 Å². The molecule has 1 heterocycles. The molecule has 21 heteroatoms. The van der Waals surface area contributed by atoms with Crippen LogP contribution in [0.2, 0.25) is 6.82 Å². The number of aliphatic carboxylic acids is 1. The molecule has 1 radical (unpaired) electrons. The van der Waals surface area contributed by atoms with Gasteiger partial charge in [-0.15, -0.1) is 6.58 Å². The van der Waals surface area contributed by atoms with Gasteiger partial charge in [0, 0.05) is 34.2 Å². The number of hydrogen-bond acceptors (Lipinski definition) is 11. The molecule has 35 heavy (non-hydrogen) atoms. The van der Waals surface area contributed by atoms with Crippen LogP contribution in [0.3, 0.4) is 0 Å². The molecule has 0 amide bonds. The van der Waals surface area contributed by atoms with Crippen molar-refractivity contribution in [1.29, 1.82) is 1.34 Å². The number of alkyl halides is 6. The number of carboxylic acids is 1. The summed E-state index contributed by atoms with van der Waals surface area (Å²) in [6.07, 6.45) is 4.04. The zero-order valence-corrected chi connectivity index (χ0v) is 25.0. The van der Waals surface area contributed by atoms with Crippen molar-refractivity contribution < 1.29 is 118 Å². The molecule has 1 N–H and O–H groups in total. The summed E-state index contributed by atoms with van der Waals surface area (Å²) in [6.45, 7) is 6.94. The topological polar surface area (TPSA) is 166 Å². The fraction of sp³-hybridized carbons (Fsp3) is 0.643. The van der Waals surface area contributed by atoms with Gasteiger partial charge in [-0.1, -0.05) is 12.9 Å². The molecule has 0 saturated carbocycles. The Morgan fingerprint density at radius 2 is 1.49 bits per heavy atom. The molecule has 10 nitrogen and oxygen atoms in total. The summed E-state index contributed by atoms with van der Waals surface area (Å²) in [7, 11) is -6.62. The zero-order chi connectivity index (χ0) is 29.8. The molecule has 1 rings (SSSR count). The first-order valence-electron chi connectivity index (χ1n) is 8.35. The fourth-order valence-electron chi connectivity index (χ4n) is 0.889. The van der Waals surface area contributed by atoms with Crippen LogP contribution in [-0.2, 0) is 108 Å². The van der Waals surface area contributed by atoms with Gasteiger partial charge in [0.05, 0.1) is 13.9 Å². The van der Waals surface area contributed by atoms with E-state index >= 15 is 0 Å². The Morgan fingerprint density at radius 3 is 1.54 bits per heavy atom. The van der Waals surface area contributed by atoms with E-state index in [1.807, 2.05) is 6.92 Å². The molecular formula is C14H23BF6O10S2Zr2-. The summed E-state index contributed by atoms with van der Waals surface area (Å²) < 4.78 is 126. The van der Waals surface area contributed by atoms with Crippen LogP contribution in [0.4, 0.5) is 26.3 Å². The number of hydrogen-bond donors (Lipinski definition) is 1. The molecule has 0 aromatic carbocycles. The normalized spacial score (nSPS) is 13.4. The Labute approximate surface area is 235 Å². The van der Waals surface area contributed by atoms with Crippen LogP contribution >= 0.6 is 0 Å². The van der Waals surface area contributed by atoms with Gasteiger partial charge in [0.2, 0.25) is 0 Å². The second-order valence-electron chi connectivity index (χ2n) is 4.42. The number of carboxylic acid groups (broad SMARTS) is 1. The van der Waals surface area contributed by atoms with E-state index < -0.39 is 38.4 Å². The van der Waals surface area contributed by atoms with Crippen LogP contribution in [0.25, 0.3) is 0 Å². The summed E-state index contributed by atoms with van der Waals surface area (Å²) in [4.78, 5) is 19.9. The summed E-state index contributed by atoms with van der Waals surface area (Å²) >= 11 is 0.600. The van der Waals surface area contributed by atoms with Gasteiger partial charge in [-0.05, 0) is 21.1 Å². The van der Waals surface area contributed by atoms with Gasteiger partial charge >= 0.3 is 78.0 Å². The third kappa shape index (κ3) is 55.4. The third-order valence-corrected chi connectivity index (χ3v) is 2.78. The van der Waals surface area contributed by atoms with Crippen LogP contribution in [0, 0.1) is 7.43 Å². The number of cyclic esters (lactones) is 1. The van der Waals surface area contributed by atoms with Crippen molar-refractivity contribution in [3.63, 3.8) is 0 Å². The van der Waals surface area contributed by atoms with Crippen LogP contribution in [0.15, 0.2) is 12.7 Å². The molecule has 1 saturated heterocycles. The number of ether oxygens (including phenoxy) is 1. The molecule has 1 unspecified atom stereocenters. The first-order chi connectivity index (χ1) is 15.9. The molecule has 0 aromatic heterocycles. The van der Waals surface area contributed by atoms with Gasteiger partial charge in [0.25, 0.3) is 0 Å². The van der Waals surface area contributed by atoms with Gasteiger partial charge in [-0.2, -0.15) is 26.3 Å². The predicted octanol–water partition coefficient (Wildman–Crippen LogP) is 3.52. The quantitative estimate of drug-likeness (QED) is 0.114. The minimum atomic E-state index is -5.08. The van der Waals surface area contributed by atoms with Crippen molar-refractivity contribution in [2.24, 2.45) is 0 Å².